The van der Waals surface area contributed by atoms with E-state index in [1.165, 1.54) is 17.7 Å². The monoisotopic (exact) mass is 397 g/mol. The maximum absolute atomic E-state index is 13.0. The van der Waals surface area contributed by atoms with Crippen LogP contribution in [0.4, 0.5) is 4.79 Å². The molecule has 0 aromatic heterocycles. The van der Waals surface area contributed by atoms with Gasteiger partial charge in [-0.1, -0.05) is 18.2 Å². The number of piperazine rings is 1. The number of carboxylic acid groups (broad SMARTS) is 1. The van der Waals surface area contributed by atoms with Crippen LogP contribution < -0.4 is 4.74 Å². The third-order valence-corrected chi connectivity index (χ3v) is 5.28. The van der Waals surface area contributed by atoms with Gasteiger partial charge in [0.25, 0.3) is 0 Å². The number of rotatable bonds is 5. The summed E-state index contributed by atoms with van der Waals surface area (Å²) in [5.74, 6) is 0.741. The number of hydrogen-bond acceptors (Lipinski definition) is 4. The van der Waals surface area contributed by atoms with Crippen molar-refractivity contribution in [2.75, 3.05) is 46.4 Å². The van der Waals surface area contributed by atoms with E-state index >= 15 is 0 Å². The van der Waals surface area contributed by atoms with Gasteiger partial charge in [0.05, 0.1) is 19.6 Å². The van der Waals surface area contributed by atoms with E-state index in [4.69, 9.17) is 4.74 Å². The standard InChI is InChI=1S/C19H27N3O4.ClH/c1-26-17-7-3-2-6-15(17)12-18(23)22-11-10-21(19(24)25)14-16(22)13-20-8-4-5-9-20;/h2-3,6-7,16H,4-5,8-14H2,1H3,(H,24,25);1H. The zero-order chi connectivity index (χ0) is 18.5. The molecule has 2 aliphatic heterocycles. The fourth-order valence-corrected chi connectivity index (χ4v) is 3.89. The van der Waals surface area contributed by atoms with Crippen molar-refractivity contribution >= 4 is 24.4 Å². The second-order valence-electron chi connectivity index (χ2n) is 6.97. The Balaban J connectivity index is 0.00000261. The van der Waals surface area contributed by atoms with Crippen molar-refractivity contribution in [2.45, 2.75) is 25.3 Å². The molecule has 0 bridgehead atoms. The maximum atomic E-state index is 13.0. The molecule has 27 heavy (non-hydrogen) atoms. The molecule has 8 heteroatoms. The Kier molecular flexibility index (Phi) is 7.74. The molecule has 1 aromatic rings. The van der Waals surface area contributed by atoms with Crippen molar-refractivity contribution in [3.05, 3.63) is 29.8 Å². The van der Waals surface area contributed by atoms with E-state index in [-0.39, 0.29) is 30.8 Å². The van der Waals surface area contributed by atoms with Gasteiger partial charge in [0, 0.05) is 31.7 Å². The van der Waals surface area contributed by atoms with Gasteiger partial charge in [-0.15, -0.1) is 12.4 Å². The number of methoxy groups -OCH3 is 1. The van der Waals surface area contributed by atoms with Gasteiger partial charge in [-0.05, 0) is 32.0 Å². The van der Waals surface area contributed by atoms with Gasteiger partial charge in [-0.3, -0.25) is 4.79 Å². The molecule has 150 valence electrons. The average Bonchev–Trinajstić information content (AvgIpc) is 3.15. The number of ether oxygens (including phenoxy) is 1. The molecule has 0 saturated carbocycles. The Morgan fingerprint density at radius 1 is 1.15 bits per heavy atom. The lowest BCUT2D eigenvalue weighted by Crippen LogP contribution is -2.59. The van der Waals surface area contributed by atoms with Crippen molar-refractivity contribution in [2.24, 2.45) is 0 Å². The minimum absolute atomic E-state index is 0. The Labute approximate surface area is 166 Å². The van der Waals surface area contributed by atoms with Crippen LogP contribution in [0.3, 0.4) is 0 Å². The van der Waals surface area contributed by atoms with Crippen LogP contribution in [0.2, 0.25) is 0 Å². The Hall–Kier alpha value is -1.99. The lowest BCUT2D eigenvalue weighted by molar-refractivity contribution is -0.135. The normalized spacial score (nSPS) is 20.3. The van der Waals surface area contributed by atoms with Crippen LogP contribution in [0.5, 0.6) is 5.75 Å². The molecule has 2 amide bonds. The largest absolute Gasteiger partial charge is 0.496 e. The number of hydrogen-bond donors (Lipinski definition) is 1. The molecule has 2 saturated heterocycles. The lowest BCUT2D eigenvalue weighted by Gasteiger charge is -2.42. The Bertz CT molecular complexity index is 652. The number of benzene rings is 1. The maximum Gasteiger partial charge on any atom is 0.407 e. The third-order valence-electron chi connectivity index (χ3n) is 5.28. The second kappa shape index (κ2) is 9.80. The molecular weight excluding hydrogens is 370 g/mol. The molecule has 3 rings (SSSR count). The van der Waals surface area contributed by atoms with E-state index in [2.05, 4.69) is 4.90 Å². The molecule has 1 atom stereocenters. The van der Waals surface area contributed by atoms with Crippen LogP contribution in [0.1, 0.15) is 18.4 Å². The van der Waals surface area contributed by atoms with Crippen LogP contribution in [0.25, 0.3) is 0 Å². The summed E-state index contributed by atoms with van der Waals surface area (Å²) in [4.78, 5) is 30.0. The molecule has 0 spiro atoms. The number of amides is 2. The van der Waals surface area contributed by atoms with E-state index in [1.54, 1.807) is 7.11 Å². The number of carbonyl (C=O) groups is 2. The summed E-state index contributed by atoms with van der Waals surface area (Å²) in [5.41, 5.74) is 0.862. The summed E-state index contributed by atoms with van der Waals surface area (Å²) in [7, 11) is 1.60. The number of halogens is 1. The minimum atomic E-state index is -0.909. The molecule has 2 heterocycles. The van der Waals surface area contributed by atoms with Crippen molar-refractivity contribution in [3.63, 3.8) is 0 Å². The lowest BCUT2D eigenvalue weighted by atomic mass is 10.1. The van der Waals surface area contributed by atoms with Gasteiger partial charge in [0.1, 0.15) is 5.75 Å². The summed E-state index contributed by atoms with van der Waals surface area (Å²) >= 11 is 0. The predicted octanol–water partition coefficient (Wildman–Crippen LogP) is 1.95. The average molecular weight is 398 g/mol. The van der Waals surface area contributed by atoms with Gasteiger partial charge in [-0.2, -0.15) is 0 Å². The first-order chi connectivity index (χ1) is 12.6. The van der Waals surface area contributed by atoms with E-state index in [9.17, 15) is 14.7 Å². The van der Waals surface area contributed by atoms with Gasteiger partial charge in [0.2, 0.25) is 5.91 Å². The van der Waals surface area contributed by atoms with Crippen molar-refractivity contribution in [1.29, 1.82) is 0 Å². The summed E-state index contributed by atoms with van der Waals surface area (Å²) in [6, 6.07) is 7.44. The topological polar surface area (TPSA) is 73.3 Å². The smallest absolute Gasteiger partial charge is 0.407 e. The zero-order valence-corrected chi connectivity index (χ0v) is 16.5. The Morgan fingerprint density at radius 2 is 1.85 bits per heavy atom. The van der Waals surface area contributed by atoms with Crippen LogP contribution in [0, 0.1) is 0 Å². The molecule has 1 unspecified atom stereocenters. The highest BCUT2D eigenvalue weighted by molar-refractivity contribution is 5.85. The van der Waals surface area contributed by atoms with Crippen molar-refractivity contribution in [3.8, 4) is 5.75 Å². The Morgan fingerprint density at radius 3 is 2.52 bits per heavy atom. The van der Waals surface area contributed by atoms with Crippen LogP contribution in [-0.2, 0) is 11.2 Å². The molecular formula is C19H28ClN3O4. The van der Waals surface area contributed by atoms with E-state index in [0.29, 0.717) is 25.4 Å². The van der Waals surface area contributed by atoms with E-state index in [0.717, 1.165) is 25.2 Å². The van der Waals surface area contributed by atoms with E-state index < -0.39 is 6.09 Å². The van der Waals surface area contributed by atoms with Crippen LogP contribution >= 0.6 is 12.4 Å². The van der Waals surface area contributed by atoms with Crippen LogP contribution in [0.15, 0.2) is 24.3 Å². The predicted molar refractivity (Wildman–Crippen MR) is 105 cm³/mol. The SMILES string of the molecule is COc1ccccc1CC(=O)N1CCN(C(=O)O)CC1CN1CCCC1.Cl. The van der Waals surface area contributed by atoms with Gasteiger partial charge in [0.15, 0.2) is 0 Å². The highest BCUT2D eigenvalue weighted by atomic mass is 35.5. The molecule has 2 aliphatic rings. The first-order valence-corrected chi connectivity index (χ1v) is 9.20. The number of carbonyl (C=O) groups excluding carboxylic acids is 1. The third kappa shape index (κ3) is 5.26. The van der Waals surface area contributed by atoms with Crippen LogP contribution in [-0.4, -0.2) is 84.2 Å². The second-order valence-corrected chi connectivity index (χ2v) is 6.97. The quantitative estimate of drug-likeness (QED) is 0.822. The summed E-state index contributed by atoms with van der Waals surface area (Å²) in [6.07, 6.45) is 1.70. The summed E-state index contributed by atoms with van der Waals surface area (Å²) in [6.45, 7) is 3.98. The first kappa shape index (κ1) is 21.3. The van der Waals surface area contributed by atoms with Gasteiger partial charge >= 0.3 is 6.09 Å². The molecule has 2 fully saturated rings. The number of likely N-dealkylation sites (tertiary alicyclic amines) is 1. The summed E-state index contributed by atoms with van der Waals surface area (Å²) < 4.78 is 5.35. The van der Waals surface area contributed by atoms with Crippen molar-refractivity contribution < 1.29 is 19.4 Å². The summed E-state index contributed by atoms with van der Waals surface area (Å²) in [5, 5.41) is 9.34. The van der Waals surface area contributed by atoms with E-state index in [1.807, 2.05) is 29.2 Å². The van der Waals surface area contributed by atoms with Gasteiger partial charge < -0.3 is 24.5 Å². The first-order valence-electron chi connectivity index (χ1n) is 9.20. The fourth-order valence-electron chi connectivity index (χ4n) is 3.89. The minimum Gasteiger partial charge on any atom is -0.496 e. The van der Waals surface area contributed by atoms with Gasteiger partial charge in [-0.25, -0.2) is 4.79 Å². The molecule has 0 radical (unpaired) electrons. The molecule has 0 aliphatic carbocycles. The fraction of sp³-hybridized carbons (Fsp3) is 0.579. The highest BCUT2D eigenvalue weighted by Crippen LogP contribution is 2.21. The molecule has 7 nitrogen and oxygen atoms in total. The number of nitrogens with zero attached hydrogens (tertiary/aromatic N) is 3. The zero-order valence-electron chi connectivity index (χ0n) is 15.7. The molecule has 1 aromatic carbocycles. The molecule has 1 N–H and O–H groups in total. The number of para-hydroxylation sites is 1. The highest BCUT2D eigenvalue weighted by Gasteiger charge is 2.34. The van der Waals surface area contributed by atoms with Crippen molar-refractivity contribution in [1.82, 2.24) is 14.7 Å².